The van der Waals surface area contributed by atoms with Gasteiger partial charge in [-0.1, -0.05) is 17.9 Å². The van der Waals surface area contributed by atoms with E-state index in [1.807, 2.05) is 13.8 Å². The highest BCUT2D eigenvalue weighted by Gasteiger charge is 2.30. The molecule has 1 unspecified atom stereocenters. The highest BCUT2D eigenvalue weighted by Crippen LogP contribution is 2.23. The Kier molecular flexibility index (Phi) is 5.01. The van der Waals surface area contributed by atoms with Crippen molar-refractivity contribution < 1.29 is 18.3 Å². The van der Waals surface area contributed by atoms with Gasteiger partial charge in [-0.05, 0) is 31.5 Å². The topological polar surface area (TPSA) is 66.8 Å². The summed E-state index contributed by atoms with van der Waals surface area (Å²) in [6, 6.07) is 5.05. The first-order valence-corrected chi connectivity index (χ1v) is 8.21. The zero-order valence-electron chi connectivity index (χ0n) is 12.2. The molecule has 0 spiro atoms. The molecule has 0 aliphatic carbocycles. The van der Waals surface area contributed by atoms with E-state index in [1.165, 1.54) is 4.31 Å². The molecule has 1 heterocycles. The van der Waals surface area contributed by atoms with Crippen LogP contribution in [0, 0.1) is 18.8 Å². The minimum Gasteiger partial charge on any atom is -0.384 e. The van der Waals surface area contributed by atoms with E-state index in [9.17, 15) is 8.42 Å². The number of benzene rings is 1. The van der Waals surface area contributed by atoms with Crippen LogP contribution in [0.15, 0.2) is 23.1 Å². The number of aliphatic hydroxyl groups excluding tert-OH is 1. The summed E-state index contributed by atoms with van der Waals surface area (Å²) in [5, 5.41) is 8.82. The normalized spacial score (nSPS) is 19.9. The van der Waals surface area contributed by atoms with Crippen molar-refractivity contribution in [1.29, 1.82) is 0 Å². The molecule has 1 saturated heterocycles. The number of rotatable bonds is 2. The molecule has 1 aromatic rings. The van der Waals surface area contributed by atoms with Gasteiger partial charge in [-0.25, -0.2) is 8.42 Å². The van der Waals surface area contributed by atoms with E-state index in [-0.39, 0.29) is 17.6 Å². The molecule has 1 aliphatic heterocycles. The molecule has 1 aliphatic rings. The number of aryl methyl sites for hydroxylation is 1. The van der Waals surface area contributed by atoms with Gasteiger partial charge in [0, 0.05) is 18.7 Å². The summed E-state index contributed by atoms with van der Waals surface area (Å²) in [4.78, 5) is 0.183. The van der Waals surface area contributed by atoms with Crippen molar-refractivity contribution in [2.24, 2.45) is 0 Å². The van der Waals surface area contributed by atoms with Crippen LogP contribution in [0.5, 0.6) is 0 Å². The van der Waals surface area contributed by atoms with Crippen molar-refractivity contribution >= 4 is 10.0 Å². The Morgan fingerprint density at radius 2 is 2.24 bits per heavy atom. The molecule has 0 radical (unpaired) electrons. The van der Waals surface area contributed by atoms with Crippen LogP contribution in [0.25, 0.3) is 0 Å². The van der Waals surface area contributed by atoms with Crippen molar-refractivity contribution in [2.75, 3.05) is 26.3 Å². The van der Waals surface area contributed by atoms with Gasteiger partial charge >= 0.3 is 0 Å². The highest BCUT2D eigenvalue weighted by molar-refractivity contribution is 7.89. The third kappa shape index (κ3) is 3.63. The lowest BCUT2D eigenvalue weighted by Crippen LogP contribution is -2.44. The fraction of sp³-hybridized carbons (Fsp3) is 0.467. The van der Waals surface area contributed by atoms with Crippen molar-refractivity contribution in [1.82, 2.24) is 4.31 Å². The third-order valence-electron chi connectivity index (χ3n) is 3.26. The van der Waals surface area contributed by atoms with Crippen LogP contribution in [0.4, 0.5) is 0 Å². The molecule has 2 rings (SSSR count). The number of ether oxygens (including phenoxy) is 1. The summed E-state index contributed by atoms with van der Waals surface area (Å²) >= 11 is 0. The Labute approximate surface area is 125 Å². The number of sulfonamides is 1. The summed E-state index contributed by atoms with van der Waals surface area (Å²) in [7, 11) is -3.60. The zero-order valence-corrected chi connectivity index (χ0v) is 13.0. The van der Waals surface area contributed by atoms with Crippen molar-refractivity contribution in [3.05, 3.63) is 29.3 Å². The Hall–Kier alpha value is -1.39. The first-order chi connectivity index (χ1) is 9.95. The number of hydrogen-bond acceptors (Lipinski definition) is 4. The smallest absolute Gasteiger partial charge is 0.244 e. The molecule has 1 aromatic carbocycles. The second-order valence-electron chi connectivity index (χ2n) is 5.00. The van der Waals surface area contributed by atoms with Crippen LogP contribution in [-0.4, -0.2) is 50.2 Å². The van der Waals surface area contributed by atoms with E-state index in [0.717, 1.165) is 5.56 Å². The average Bonchev–Trinajstić information content (AvgIpc) is 2.45. The van der Waals surface area contributed by atoms with Crippen molar-refractivity contribution in [3.8, 4) is 11.8 Å². The molecular formula is C15H19NO4S. The number of aliphatic hydroxyl groups is 1. The molecular weight excluding hydrogens is 290 g/mol. The van der Waals surface area contributed by atoms with Gasteiger partial charge in [-0.15, -0.1) is 0 Å². The zero-order chi connectivity index (χ0) is 15.5. The molecule has 1 fully saturated rings. The maximum Gasteiger partial charge on any atom is 0.244 e. The Morgan fingerprint density at radius 1 is 1.48 bits per heavy atom. The molecule has 6 heteroatoms. The number of morpholine rings is 1. The van der Waals surface area contributed by atoms with Gasteiger partial charge in [0.1, 0.15) is 6.61 Å². The largest absolute Gasteiger partial charge is 0.384 e. The Bertz CT molecular complexity index is 673. The van der Waals surface area contributed by atoms with Crippen LogP contribution in [0.3, 0.4) is 0 Å². The fourth-order valence-electron chi connectivity index (χ4n) is 2.25. The van der Waals surface area contributed by atoms with Gasteiger partial charge in [0.25, 0.3) is 0 Å². The maximum absolute atomic E-state index is 12.8. The van der Waals surface area contributed by atoms with E-state index < -0.39 is 10.0 Å². The molecule has 0 saturated carbocycles. The predicted molar refractivity (Wildman–Crippen MR) is 79.3 cm³/mol. The van der Waals surface area contributed by atoms with Crippen LogP contribution >= 0.6 is 0 Å². The molecule has 0 bridgehead atoms. The van der Waals surface area contributed by atoms with Gasteiger partial charge in [0.05, 0.1) is 17.6 Å². The van der Waals surface area contributed by atoms with Crippen LogP contribution < -0.4 is 0 Å². The van der Waals surface area contributed by atoms with E-state index in [0.29, 0.717) is 25.3 Å². The van der Waals surface area contributed by atoms with Gasteiger partial charge in [-0.3, -0.25) is 0 Å². The van der Waals surface area contributed by atoms with Crippen molar-refractivity contribution in [3.63, 3.8) is 0 Å². The minimum absolute atomic E-state index is 0.119. The number of hydrogen-bond donors (Lipinski definition) is 1. The van der Waals surface area contributed by atoms with E-state index in [2.05, 4.69) is 11.8 Å². The van der Waals surface area contributed by atoms with Crippen LogP contribution in [0.1, 0.15) is 18.1 Å². The predicted octanol–water partition coefficient (Wildman–Crippen LogP) is 0.748. The summed E-state index contributed by atoms with van der Waals surface area (Å²) in [6.07, 6.45) is -0.119. The standard InChI is InChI=1S/C15H19NO4S/c1-12-5-6-15(14(10-12)4-3-8-17)21(18,19)16-7-9-20-13(2)11-16/h5-6,10,13,17H,7-9,11H2,1-2H3. The molecule has 1 atom stereocenters. The second-order valence-corrected chi connectivity index (χ2v) is 6.91. The summed E-state index contributed by atoms with van der Waals surface area (Å²) in [5.41, 5.74) is 1.34. The monoisotopic (exact) mass is 309 g/mol. The first-order valence-electron chi connectivity index (χ1n) is 6.77. The third-order valence-corrected chi connectivity index (χ3v) is 5.18. The SMILES string of the molecule is Cc1ccc(S(=O)(=O)N2CCOC(C)C2)c(C#CCO)c1. The first kappa shape index (κ1) is 16.0. The lowest BCUT2D eigenvalue weighted by atomic mass is 10.1. The molecule has 0 amide bonds. The fourth-order valence-corrected chi connectivity index (χ4v) is 3.87. The summed E-state index contributed by atoms with van der Waals surface area (Å²) in [5.74, 6) is 5.24. The van der Waals surface area contributed by atoms with E-state index in [4.69, 9.17) is 9.84 Å². The summed E-state index contributed by atoms with van der Waals surface area (Å²) < 4.78 is 32.3. The molecule has 114 valence electrons. The van der Waals surface area contributed by atoms with Gasteiger partial charge in [0.15, 0.2) is 0 Å². The number of nitrogens with zero attached hydrogens (tertiary/aromatic N) is 1. The summed E-state index contributed by atoms with van der Waals surface area (Å²) in [6.45, 7) is 4.49. The van der Waals surface area contributed by atoms with Crippen LogP contribution in [0.2, 0.25) is 0 Å². The molecule has 5 nitrogen and oxygen atoms in total. The van der Waals surface area contributed by atoms with Gasteiger partial charge in [-0.2, -0.15) is 4.31 Å². The lowest BCUT2D eigenvalue weighted by Gasteiger charge is -2.30. The minimum atomic E-state index is -3.60. The lowest BCUT2D eigenvalue weighted by molar-refractivity contribution is 0.0102. The van der Waals surface area contributed by atoms with Crippen LogP contribution in [-0.2, 0) is 14.8 Å². The second kappa shape index (κ2) is 6.58. The quantitative estimate of drug-likeness (QED) is 0.819. The van der Waals surface area contributed by atoms with Crippen molar-refractivity contribution in [2.45, 2.75) is 24.8 Å². The molecule has 1 N–H and O–H groups in total. The molecule has 0 aromatic heterocycles. The van der Waals surface area contributed by atoms with E-state index >= 15 is 0 Å². The maximum atomic E-state index is 12.8. The van der Waals surface area contributed by atoms with Gasteiger partial charge in [0.2, 0.25) is 10.0 Å². The average molecular weight is 309 g/mol. The Balaban J connectivity index is 2.44. The van der Waals surface area contributed by atoms with E-state index in [1.54, 1.807) is 18.2 Å². The molecule has 21 heavy (non-hydrogen) atoms. The van der Waals surface area contributed by atoms with Gasteiger partial charge < -0.3 is 9.84 Å². The Morgan fingerprint density at radius 3 is 2.90 bits per heavy atom. The highest BCUT2D eigenvalue weighted by atomic mass is 32.2.